The number of piperidine rings is 1. The number of halogens is 1. The topological polar surface area (TPSA) is 67.3 Å². The minimum absolute atomic E-state index is 0.0533. The molecule has 1 fully saturated rings. The number of amides is 1. The van der Waals surface area contributed by atoms with Crippen LogP contribution in [0.4, 0.5) is 5.82 Å². The van der Waals surface area contributed by atoms with Crippen LogP contribution in [0.15, 0.2) is 36.4 Å². The molecule has 3 rings (SSSR count). The maximum Gasteiger partial charge on any atom is 0.225 e. The van der Waals surface area contributed by atoms with E-state index in [9.17, 15) is 4.79 Å². The van der Waals surface area contributed by atoms with Gasteiger partial charge in [-0.25, -0.2) is 0 Å². The first-order valence-corrected chi connectivity index (χ1v) is 8.69. The normalized spacial score (nSPS) is 17.2. The average molecular weight is 361 g/mol. The van der Waals surface area contributed by atoms with E-state index in [4.69, 9.17) is 16.3 Å². The van der Waals surface area contributed by atoms with E-state index in [0.29, 0.717) is 18.2 Å². The zero-order chi connectivity index (χ0) is 17.6. The van der Waals surface area contributed by atoms with Crippen molar-refractivity contribution in [3.05, 3.63) is 47.1 Å². The van der Waals surface area contributed by atoms with E-state index in [-0.39, 0.29) is 11.8 Å². The van der Waals surface area contributed by atoms with Crippen LogP contribution in [0.2, 0.25) is 5.15 Å². The minimum Gasteiger partial charge on any atom is -0.496 e. The van der Waals surface area contributed by atoms with Gasteiger partial charge in [-0.1, -0.05) is 29.8 Å². The number of aromatic nitrogens is 2. The largest absolute Gasteiger partial charge is 0.496 e. The summed E-state index contributed by atoms with van der Waals surface area (Å²) in [7, 11) is 1.63. The number of hydrogen-bond donors (Lipinski definition) is 1. The summed E-state index contributed by atoms with van der Waals surface area (Å²) in [4.78, 5) is 14.6. The summed E-state index contributed by atoms with van der Waals surface area (Å²) in [5.74, 6) is 1.52. The van der Waals surface area contributed by atoms with Crippen LogP contribution >= 0.6 is 11.6 Å². The van der Waals surface area contributed by atoms with Gasteiger partial charge in [0.25, 0.3) is 0 Å². The molecule has 1 aromatic heterocycles. The third-order valence-electron chi connectivity index (χ3n) is 4.38. The average Bonchev–Trinajstić information content (AvgIpc) is 2.67. The molecule has 0 spiro atoms. The number of nitrogens with zero attached hydrogens (tertiary/aromatic N) is 3. The molecule has 0 saturated carbocycles. The molecule has 2 heterocycles. The lowest BCUT2D eigenvalue weighted by Gasteiger charge is -2.32. The molecule has 1 N–H and O–H groups in total. The molecule has 1 amide bonds. The van der Waals surface area contributed by atoms with Crippen molar-refractivity contribution in [1.82, 2.24) is 15.5 Å². The lowest BCUT2D eigenvalue weighted by molar-refractivity contribution is -0.125. The Morgan fingerprint density at radius 2 is 2.16 bits per heavy atom. The summed E-state index contributed by atoms with van der Waals surface area (Å²) in [6.45, 7) is 1.96. The fraction of sp³-hybridized carbons (Fsp3) is 0.389. The van der Waals surface area contributed by atoms with Crippen molar-refractivity contribution in [2.24, 2.45) is 5.92 Å². The molecule has 1 saturated heterocycles. The van der Waals surface area contributed by atoms with E-state index < -0.39 is 0 Å². The number of carbonyl (C=O) groups excluding carboxylic acids is 1. The summed E-state index contributed by atoms with van der Waals surface area (Å²) in [5, 5.41) is 11.4. The van der Waals surface area contributed by atoms with Crippen molar-refractivity contribution < 1.29 is 9.53 Å². The Morgan fingerprint density at radius 3 is 2.92 bits per heavy atom. The van der Waals surface area contributed by atoms with E-state index in [1.807, 2.05) is 30.3 Å². The molecule has 1 aromatic carbocycles. The van der Waals surface area contributed by atoms with Gasteiger partial charge in [0, 0.05) is 25.2 Å². The molecular formula is C18H21ClN4O2. The molecule has 2 aromatic rings. The van der Waals surface area contributed by atoms with Crippen LogP contribution in [0, 0.1) is 5.92 Å². The van der Waals surface area contributed by atoms with Crippen LogP contribution in [-0.2, 0) is 11.3 Å². The van der Waals surface area contributed by atoms with Crippen LogP contribution in [0.3, 0.4) is 0 Å². The van der Waals surface area contributed by atoms with Gasteiger partial charge in [-0.15, -0.1) is 10.2 Å². The molecule has 0 unspecified atom stereocenters. The summed E-state index contributed by atoms with van der Waals surface area (Å²) in [6.07, 6.45) is 1.81. The highest BCUT2D eigenvalue weighted by molar-refractivity contribution is 6.29. The second kappa shape index (κ2) is 8.16. The Bertz CT molecular complexity index is 723. The summed E-state index contributed by atoms with van der Waals surface area (Å²) < 4.78 is 5.32. The number of benzene rings is 1. The zero-order valence-corrected chi connectivity index (χ0v) is 14.9. The Hall–Kier alpha value is -2.34. The quantitative estimate of drug-likeness (QED) is 0.887. The Balaban J connectivity index is 1.59. The maximum atomic E-state index is 12.6. The molecule has 0 aliphatic carbocycles. The second-order valence-electron chi connectivity index (χ2n) is 6.03. The second-order valence-corrected chi connectivity index (χ2v) is 6.42. The highest BCUT2D eigenvalue weighted by Gasteiger charge is 2.26. The molecule has 1 atom stereocenters. The van der Waals surface area contributed by atoms with Crippen molar-refractivity contribution >= 4 is 23.3 Å². The number of nitrogens with one attached hydrogen (secondary N) is 1. The molecule has 1 aliphatic rings. The van der Waals surface area contributed by atoms with E-state index >= 15 is 0 Å². The molecule has 1 aliphatic heterocycles. The highest BCUT2D eigenvalue weighted by Crippen LogP contribution is 2.22. The molecule has 0 bridgehead atoms. The first-order valence-electron chi connectivity index (χ1n) is 8.31. The number of carbonyl (C=O) groups is 1. The lowest BCUT2D eigenvalue weighted by atomic mass is 9.97. The number of para-hydroxylation sites is 1. The number of hydrogen-bond acceptors (Lipinski definition) is 5. The molecule has 0 radical (unpaired) electrons. The van der Waals surface area contributed by atoms with Gasteiger partial charge in [-0.05, 0) is 31.0 Å². The van der Waals surface area contributed by atoms with Gasteiger partial charge in [0.15, 0.2) is 11.0 Å². The number of methoxy groups -OCH3 is 1. The third kappa shape index (κ3) is 4.39. The van der Waals surface area contributed by atoms with Crippen molar-refractivity contribution in [3.63, 3.8) is 0 Å². The van der Waals surface area contributed by atoms with Crippen LogP contribution in [0.25, 0.3) is 0 Å². The predicted octanol–water partition coefficient (Wildman–Crippen LogP) is 2.67. The molecule has 6 nitrogen and oxygen atoms in total. The predicted molar refractivity (Wildman–Crippen MR) is 96.8 cm³/mol. The van der Waals surface area contributed by atoms with Gasteiger partial charge < -0.3 is 15.0 Å². The van der Waals surface area contributed by atoms with Gasteiger partial charge in [0.05, 0.1) is 13.0 Å². The monoisotopic (exact) mass is 360 g/mol. The highest BCUT2D eigenvalue weighted by atomic mass is 35.5. The van der Waals surface area contributed by atoms with E-state index in [1.165, 1.54) is 0 Å². The van der Waals surface area contributed by atoms with Gasteiger partial charge in [0.1, 0.15) is 5.75 Å². The van der Waals surface area contributed by atoms with Crippen LogP contribution in [-0.4, -0.2) is 36.3 Å². The van der Waals surface area contributed by atoms with E-state index in [0.717, 1.165) is 36.5 Å². The van der Waals surface area contributed by atoms with Gasteiger partial charge in [-0.3, -0.25) is 4.79 Å². The van der Waals surface area contributed by atoms with Crippen molar-refractivity contribution in [2.75, 3.05) is 25.1 Å². The SMILES string of the molecule is COc1ccccc1CNC(=O)[C@@H]1CCCN(c2ccc(Cl)nn2)C1. The maximum absolute atomic E-state index is 12.6. The van der Waals surface area contributed by atoms with Crippen LogP contribution in [0.5, 0.6) is 5.75 Å². The fourth-order valence-corrected chi connectivity index (χ4v) is 3.15. The molecule has 25 heavy (non-hydrogen) atoms. The summed E-state index contributed by atoms with van der Waals surface area (Å²) >= 11 is 5.79. The van der Waals surface area contributed by atoms with Crippen LogP contribution < -0.4 is 15.0 Å². The molecule has 132 valence electrons. The van der Waals surface area contributed by atoms with Crippen molar-refractivity contribution in [1.29, 1.82) is 0 Å². The Labute approximate surface area is 152 Å². The Kier molecular flexibility index (Phi) is 5.71. The summed E-state index contributed by atoms with van der Waals surface area (Å²) in [6, 6.07) is 11.3. The van der Waals surface area contributed by atoms with E-state index in [1.54, 1.807) is 13.2 Å². The third-order valence-corrected chi connectivity index (χ3v) is 4.58. The number of rotatable bonds is 5. The standard InChI is InChI=1S/C18H21ClN4O2/c1-25-15-7-3-2-5-13(15)11-20-18(24)14-6-4-10-23(12-14)17-9-8-16(19)21-22-17/h2-3,5,7-9,14H,4,6,10-12H2,1H3,(H,20,24)/t14-/m1/s1. The molecule has 7 heteroatoms. The summed E-state index contributed by atoms with van der Waals surface area (Å²) in [5.41, 5.74) is 0.967. The smallest absolute Gasteiger partial charge is 0.225 e. The van der Waals surface area contributed by atoms with Crippen molar-refractivity contribution in [3.8, 4) is 5.75 Å². The van der Waals surface area contributed by atoms with Gasteiger partial charge >= 0.3 is 0 Å². The minimum atomic E-state index is -0.0686. The Morgan fingerprint density at radius 1 is 1.32 bits per heavy atom. The first-order chi connectivity index (χ1) is 12.2. The van der Waals surface area contributed by atoms with Crippen molar-refractivity contribution in [2.45, 2.75) is 19.4 Å². The van der Waals surface area contributed by atoms with Crippen LogP contribution in [0.1, 0.15) is 18.4 Å². The first kappa shape index (κ1) is 17.5. The lowest BCUT2D eigenvalue weighted by Crippen LogP contribution is -2.43. The fourth-order valence-electron chi connectivity index (χ4n) is 3.05. The van der Waals surface area contributed by atoms with Gasteiger partial charge in [-0.2, -0.15) is 0 Å². The zero-order valence-electron chi connectivity index (χ0n) is 14.1. The number of ether oxygens (including phenoxy) is 1. The van der Waals surface area contributed by atoms with Gasteiger partial charge in [0.2, 0.25) is 5.91 Å². The number of anilines is 1. The van der Waals surface area contributed by atoms with E-state index in [2.05, 4.69) is 20.4 Å². The molecular weight excluding hydrogens is 340 g/mol.